The Morgan fingerprint density at radius 2 is 2.42 bits per heavy atom. The zero-order valence-electron chi connectivity index (χ0n) is 7.20. The molecule has 1 unspecified atom stereocenters. The lowest BCUT2D eigenvalue weighted by Crippen LogP contribution is -2.12. The van der Waals surface area contributed by atoms with Gasteiger partial charge in [0.25, 0.3) is 0 Å². The fraction of sp³-hybridized carbons (Fsp3) is 0.444. The number of aliphatic hydroxyl groups excluding tert-OH is 1. The van der Waals surface area contributed by atoms with Gasteiger partial charge in [0.05, 0.1) is 0 Å². The summed E-state index contributed by atoms with van der Waals surface area (Å²) in [6.07, 6.45) is 2.34. The Morgan fingerprint density at radius 1 is 1.67 bits per heavy atom. The molecule has 3 N–H and O–H groups in total. The third kappa shape index (κ3) is 2.29. The number of hydrogen-bond acceptors (Lipinski definition) is 3. The molecule has 0 saturated carbocycles. The monoisotopic (exact) mass is 166 g/mol. The number of aliphatic hydroxyl groups is 1. The van der Waals surface area contributed by atoms with Gasteiger partial charge in [0.1, 0.15) is 0 Å². The summed E-state index contributed by atoms with van der Waals surface area (Å²) in [5, 5.41) is 8.67. The molecule has 1 aromatic rings. The first-order chi connectivity index (χ1) is 5.74. The Morgan fingerprint density at radius 3 is 3.00 bits per heavy atom. The number of nitrogens with zero attached hydrogens (tertiary/aromatic N) is 1. The van der Waals surface area contributed by atoms with Crippen molar-refractivity contribution in [3.8, 4) is 0 Å². The van der Waals surface area contributed by atoms with Crippen molar-refractivity contribution < 1.29 is 5.11 Å². The fourth-order valence-electron chi connectivity index (χ4n) is 1.10. The molecule has 3 nitrogen and oxygen atoms in total. The van der Waals surface area contributed by atoms with E-state index in [4.69, 9.17) is 10.8 Å². The summed E-state index contributed by atoms with van der Waals surface area (Å²) in [6, 6.07) is 3.75. The number of aryl methyl sites for hydroxylation is 1. The molecule has 0 amide bonds. The van der Waals surface area contributed by atoms with Crippen LogP contribution in [0.15, 0.2) is 18.3 Å². The minimum atomic E-state index is -0.0725. The predicted octanol–water partition coefficient (Wildman–Crippen LogP) is 0.772. The minimum absolute atomic E-state index is 0.0725. The van der Waals surface area contributed by atoms with Gasteiger partial charge in [0.2, 0.25) is 0 Å². The molecule has 1 aromatic heterocycles. The highest BCUT2D eigenvalue weighted by Gasteiger charge is 2.04. The van der Waals surface area contributed by atoms with E-state index in [0.29, 0.717) is 6.42 Å². The van der Waals surface area contributed by atoms with Gasteiger partial charge in [-0.3, -0.25) is 4.98 Å². The molecule has 0 aromatic carbocycles. The maximum Gasteiger partial charge on any atom is 0.0449 e. The first-order valence-corrected chi connectivity index (χ1v) is 4.03. The lowest BCUT2D eigenvalue weighted by atomic mass is 10.1. The Kier molecular flexibility index (Phi) is 3.19. The Labute approximate surface area is 72.2 Å². The summed E-state index contributed by atoms with van der Waals surface area (Å²) in [6.45, 7) is 2.05. The van der Waals surface area contributed by atoms with Gasteiger partial charge in [-0.2, -0.15) is 0 Å². The number of nitrogens with two attached hydrogens (primary N) is 1. The number of hydrogen-bond donors (Lipinski definition) is 2. The SMILES string of the molecule is Cc1cc(C(N)CCO)ccn1. The van der Waals surface area contributed by atoms with Crippen molar-refractivity contribution in [3.05, 3.63) is 29.6 Å². The molecule has 1 rings (SSSR count). The highest BCUT2D eigenvalue weighted by Crippen LogP contribution is 2.12. The lowest BCUT2D eigenvalue weighted by Gasteiger charge is -2.09. The topological polar surface area (TPSA) is 59.1 Å². The third-order valence-electron chi connectivity index (χ3n) is 1.79. The van der Waals surface area contributed by atoms with Gasteiger partial charge < -0.3 is 10.8 Å². The molecule has 66 valence electrons. The molecule has 1 atom stereocenters. The molecule has 0 bridgehead atoms. The van der Waals surface area contributed by atoms with Crippen LogP contribution in [0.5, 0.6) is 0 Å². The molecule has 0 aliphatic heterocycles. The van der Waals surface area contributed by atoms with Gasteiger partial charge in [-0.15, -0.1) is 0 Å². The van der Waals surface area contributed by atoms with Crippen LogP contribution in [0.1, 0.15) is 23.7 Å². The van der Waals surface area contributed by atoms with Crippen molar-refractivity contribution in [2.45, 2.75) is 19.4 Å². The molecule has 3 heteroatoms. The molecule has 0 fully saturated rings. The van der Waals surface area contributed by atoms with Crippen LogP contribution in [0.25, 0.3) is 0 Å². The standard InChI is InChI=1S/C9H14N2O/c1-7-6-8(2-4-11-7)9(10)3-5-12/h2,4,6,9,12H,3,5,10H2,1H3. The average molecular weight is 166 g/mol. The number of aromatic nitrogens is 1. The zero-order valence-corrected chi connectivity index (χ0v) is 7.20. The third-order valence-corrected chi connectivity index (χ3v) is 1.79. The highest BCUT2D eigenvalue weighted by atomic mass is 16.3. The highest BCUT2D eigenvalue weighted by molar-refractivity contribution is 5.18. The Hall–Kier alpha value is -0.930. The van der Waals surface area contributed by atoms with Crippen LogP contribution in [-0.4, -0.2) is 16.7 Å². The second kappa shape index (κ2) is 4.18. The van der Waals surface area contributed by atoms with Crippen molar-refractivity contribution in [2.75, 3.05) is 6.61 Å². The molecule has 0 radical (unpaired) electrons. The predicted molar refractivity (Wildman–Crippen MR) is 47.6 cm³/mol. The fourth-order valence-corrected chi connectivity index (χ4v) is 1.10. The van der Waals surface area contributed by atoms with Crippen LogP contribution >= 0.6 is 0 Å². The first kappa shape index (κ1) is 9.16. The molecule has 12 heavy (non-hydrogen) atoms. The van der Waals surface area contributed by atoms with Gasteiger partial charge in [-0.05, 0) is 31.0 Å². The van der Waals surface area contributed by atoms with Crippen LogP contribution in [0.2, 0.25) is 0 Å². The Balaban J connectivity index is 2.73. The summed E-state index contributed by atoms with van der Waals surface area (Å²) in [5.74, 6) is 0. The van der Waals surface area contributed by atoms with Crippen molar-refractivity contribution in [2.24, 2.45) is 5.73 Å². The van der Waals surface area contributed by atoms with E-state index in [-0.39, 0.29) is 12.6 Å². The van der Waals surface area contributed by atoms with E-state index in [1.165, 1.54) is 0 Å². The smallest absolute Gasteiger partial charge is 0.0449 e. The van der Waals surface area contributed by atoms with E-state index in [2.05, 4.69) is 4.98 Å². The normalized spacial score (nSPS) is 12.9. The lowest BCUT2D eigenvalue weighted by molar-refractivity contribution is 0.276. The zero-order chi connectivity index (χ0) is 8.97. The van der Waals surface area contributed by atoms with Gasteiger partial charge in [-0.1, -0.05) is 0 Å². The van der Waals surface area contributed by atoms with Gasteiger partial charge in [0.15, 0.2) is 0 Å². The van der Waals surface area contributed by atoms with E-state index < -0.39 is 0 Å². The number of pyridine rings is 1. The van der Waals surface area contributed by atoms with E-state index >= 15 is 0 Å². The average Bonchev–Trinajstić information content (AvgIpc) is 2.05. The van der Waals surface area contributed by atoms with Crippen molar-refractivity contribution in [3.63, 3.8) is 0 Å². The van der Waals surface area contributed by atoms with E-state index in [9.17, 15) is 0 Å². The van der Waals surface area contributed by atoms with Crippen molar-refractivity contribution in [1.82, 2.24) is 4.98 Å². The summed E-state index contributed by atoms with van der Waals surface area (Å²) < 4.78 is 0. The van der Waals surface area contributed by atoms with E-state index in [1.54, 1.807) is 6.20 Å². The summed E-state index contributed by atoms with van der Waals surface area (Å²) in [4.78, 5) is 4.06. The molecule has 0 spiro atoms. The molecular formula is C9H14N2O. The summed E-state index contributed by atoms with van der Waals surface area (Å²) >= 11 is 0. The first-order valence-electron chi connectivity index (χ1n) is 4.03. The van der Waals surface area contributed by atoms with Gasteiger partial charge in [-0.25, -0.2) is 0 Å². The maximum atomic E-state index is 8.67. The largest absolute Gasteiger partial charge is 0.396 e. The number of rotatable bonds is 3. The van der Waals surface area contributed by atoms with E-state index in [1.807, 2.05) is 19.1 Å². The molecular weight excluding hydrogens is 152 g/mol. The molecule has 0 aliphatic rings. The van der Waals surface area contributed by atoms with Crippen LogP contribution < -0.4 is 5.73 Å². The van der Waals surface area contributed by atoms with E-state index in [0.717, 1.165) is 11.3 Å². The van der Waals surface area contributed by atoms with Crippen molar-refractivity contribution >= 4 is 0 Å². The summed E-state index contributed by atoms with van der Waals surface area (Å²) in [7, 11) is 0. The molecule has 1 heterocycles. The van der Waals surface area contributed by atoms with Crippen LogP contribution in [-0.2, 0) is 0 Å². The molecule has 0 aliphatic carbocycles. The molecule has 0 saturated heterocycles. The quantitative estimate of drug-likeness (QED) is 0.697. The minimum Gasteiger partial charge on any atom is -0.396 e. The second-order valence-corrected chi connectivity index (χ2v) is 2.85. The maximum absolute atomic E-state index is 8.67. The van der Waals surface area contributed by atoms with Gasteiger partial charge >= 0.3 is 0 Å². The van der Waals surface area contributed by atoms with Crippen LogP contribution in [0.4, 0.5) is 0 Å². The Bertz CT molecular complexity index is 250. The second-order valence-electron chi connectivity index (χ2n) is 2.85. The van der Waals surface area contributed by atoms with Crippen LogP contribution in [0, 0.1) is 6.92 Å². The van der Waals surface area contributed by atoms with Crippen molar-refractivity contribution in [1.29, 1.82) is 0 Å². The van der Waals surface area contributed by atoms with Crippen LogP contribution in [0.3, 0.4) is 0 Å². The van der Waals surface area contributed by atoms with Gasteiger partial charge in [0, 0.05) is 24.5 Å². The summed E-state index contributed by atoms with van der Waals surface area (Å²) in [5.41, 5.74) is 7.78.